The highest BCUT2D eigenvalue weighted by Crippen LogP contribution is 2.22. The Labute approximate surface area is 126 Å². The van der Waals surface area contributed by atoms with Crippen molar-refractivity contribution in [1.82, 2.24) is 4.31 Å². The number of anilines is 1. The first-order valence-corrected chi connectivity index (χ1v) is 8.20. The van der Waals surface area contributed by atoms with Gasteiger partial charge < -0.3 is 4.74 Å². The molecule has 1 fully saturated rings. The molecule has 6 heteroatoms. The minimum Gasteiger partial charge on any atom is -0.373 e. The van der Waals surface area contributed by atoms with Crippen molar-refractivity contribution in [2.24, 2.45) is 0 Å². The third kappa shape index (κ3) is 3.38. The molecule has 1 aliphatic heterocycles. The van der Waals surface area contributed by atoms with Crippen LogP contribution in [0.15, 0.2) is 24.3 Å². The average molecular weight is 308 g/mol. The summed E-state index contributed by atoms with van der Waals surface area (Å²) in [7, 11) is -2.05. The van der Waals surface area contributed by atoms with E-state index < -0.39 is 10.2 Å². The Morgan fingerprint density at radius 1 is 1.33 bits per heavy atom. The maximum absolute atomic E-state index is 12.7. The zero-order valence-electron chi connectivity index (χ0n) is 12.5. The Morgan fingerprint density at radius 3 is 2.52 bits per heavy atom. The number of ether oxygens (including phenoxy) is 1. The van der Waals surface area contributed by atoms with Crippen molar-refractivity contribution in [2.45, 2.75) is 26.1 Å². The van der Waals surface area contributed by atoms with Gasteiger partial charge in [0.15, 0.2) is 0 Å². The molecular formula is C15H20N2O3S. The lowest BCUT2D eigenvalue weighted by Crippen LogP contribution is -2.52. The Hall–Kier alpha value is -1.55. The maximum Gasteiger partial charge on any atom is 0.304 e. The summed E-state index contributed by atoms with van der Waals surface area (Å²) in [6.45, 7) is 4.45. The van der Waals surface area contributed by atoms with Gasteiger partial charge in [-0.05, 0) is 32.0 Å². The van der Waals surface area contributed by atoms with Crippen LogP contribution < -0.4 is 4.31 Å². The number of terminal acetylenes is 1. The Kier molecular flexibility index (Phi) is 4.57. The van der Waals surface area contributed by atoms with Crippen LogP contribution in [0.5, 0.6) is 0 Å². The van der Waals surface area contributed by atoms with Gasteiger partial charge in [-0.3, -0.25) is 4.31 Å². The molecule has 5 nitrogen and oxygen atoms in total. The van der Waals surface area contributed by atoms with E-state index in [2.05, 4.69) is 5.92 Å². The number of hydrogen-bond acceptors (Lipinski definition) is 3. The molecule has 0 saturated carbocycles. The van der Waals surface area contributed by atoms with Crippen LogP contribution in [0.25, 0.3) is 0 Å². The van der Waals surface area contributed by atoms with Crippen molar-refractivity contribution in [3.63, 3.8) is 0 Å². The van der Waals surface area contributed by atoms with E-state index in [0.717, 1.165) is 0 Å². The van der Waals surface area contributed by atoms with Crippen molar-refractivity contribution in [3.05, 3.63) is 29.8 Å². The molecule has 114 valence electrons. The second-order valence-corrected chi connectivity index (χ2v) is 7.20. The molecule has 0 bridgehead atoms. The lowest BCUT2D eigenvalue weighted by atomic mass is 10.2. The molecular weight excluding hydrogens is 288 g/mol. The van der Waals surface area contributed by atoms with E-state index in [9.17, 15) is 8.42 Å². The molecule has 0 spiro atoms. The molecule has 1 aliphatic rings. The maximum atomic E-state index is 12.7. The van der Waals surface area contributed by atoms with E-state index in [4.69, 9.17) is 11.2 Å². The summed E-state index contributed by atoms with van der Waals surface area (Å²) < 4.78 is 33.7. The predicted octanol–water partition coefficient (Wildman–Crippen LogP) is 1.46. The van der Waals surface area contributed by atoms with Crippen molar-refractivity contribution in [3.8, 4) is 12.3 Å². The summed E-state index contributed by atoms with van der Waals surface area (Å²) in [4.78, 5) is 0. The number of nitrogens with zero attached hydrogens (tertiary/aromatic N) is 2. The van der Waals surface area contributed by atoms with Crippen LogP contribution in [0.1, 0.15) is 19.4 Å². The van der Waals surface area contributed by atoms with Gasteiger partial charge in [-0.25, -0.2) is 0 Å². The van der Waals surface area contributed by atoms with Gasteiger partial charge in [0.1, 0.15) is 0 Å². The van der Waals surface area contributed by atoms with Crippen LogP contribution in [-0.4, -0.2) is 45.1 Å². The molecule has 21 heavy (non-hydrogen) atoms. The highest BCUT2D eigenvalue weighted by Gasteiger charge is 2.33. The molecule has 0 N–H and O–H groups in total. The number of rotatable bonds is 3. The fourth-order valence-electron chi connectivity index (χ4n) is 2.42. The molecule has 1 heterocycles. The van der Waals surface area contributed by atoms with Crippen LogP contribution in [-0.2, 0) is 14.9 Å². The van der Waals surface area contributed by atoms with Gasteiger partial charge >= 0.3 is 10.2 Å². The molecule has 0 amide bonds. The highest BCUT2D eigenvalue weighted by molar-refractivity contribution is 7.90. The molecule has 0 aliphatic carbocycles. The minimum absolute atomic E-state index is 0.117. The third-order valence-electron chi connectivity index (χ3n) is 3.43. The summed E-state index contributed by atoms with van der Waals surface area (Å²) in [5.74, 6) is 2.51. The molecule has 2 rings (SSSR count). The van der Waals surface area contributed by atoms with Crippen LogP contribution >= 0.6 is 0 Å². The predicted molar refractivity (Wildman–Crippen MR) is 83.3 cm³/mol. The second kappa shape index (κ2) is 6.06. The zero-order chi connectivity index (χ0) is 15.6. The number of hydrogen-bond donors (Lipinski definition) is 0. The van der Waals surface area contributed by atoms with Gasteiger partial charge in [0.25, 0.3) is 0 Å². The van der Waals surface area contributed by atoms with E-state index in [1.807, 2.05) is 13.8 Å². The van der Waals surface area contributed by atoms with Crippen LogP contribution in [0.3, 0.4) is 0 Å². The van der Waals surface area contributed by atoms with Gasteiger partial charge in [-0.15, -0.1) is 6.42 Å². The normalized spacial score (nSPS) is 23.5. The molecule has 1 aromatic rings. The smallest absolute Gasteiger partial charge is 0.304 e. The number of morpholine rings is 1. The molecule has 0 aromatic heterocycles. The third-order valence-corrected chi connectivity index (χ3v) is 5.29. The van der Waals surface area contributed by atoms with Gasteiger partial charge in [0.2, 0.25) is 0 Å². The Bertz CT molecular complexity index is 641. The standard InChI is InChI=1S/C15H20N2O3S/c1-5-14-7-6-8-15(9-14)16(4)21(18,19)17-10-12(2)20-13(3)11-17/h1,6-9,12-13H,10-11H2,2-4H3. The van der Waals surface area contributed by atoms with Crippen LogP contribution in [0.4, 0.5) is 5.69 Å². The van der Waals surface area contributed by atoms with Crippen molar-refractivity contribution >= 4 is 15.9 Å². The topological polar surface area (TPSA) is 49.9 Å². The first kappa shape index (κ1) is 15.8. The molecule has 1 aromatic carbocycles. The van der Waals surface area contributed by atoms with Crippen LogP contribution in [0, 0.1) is 12.3 Å². The summed E-state index contributed by atoms with van der Waals surface area (Å²) in [5, 5.41) is 0. The largest absolute Gasteiger partial charge is 0.373 e. The Balaban J connectivity index is 2.28. The van der Waals surface area contributed by atoms with E-state index >= 15 is 0 Å². The van der Waals surface area contributed by atoms with Gasteiger partial charge in [-0.1, -0.05) is 12.0 Å². The average Bonchev–Trinajstić information content (AvgIpc) is 2.45. The molecule has 2 atom stereocenters. The van der Waals surface area contributed by atoms with Gasteiger partial charge in [0, 0.05) is 25.7 Å². The van der Waals surface area contributed by atoms with E-state index in [1.54, 1.807) is 24.3 Å². The number of benzene rings is 1. The van der Waals surface area contributed by atoms with E-state index in [1.165, 1.54) is 15.7 Å². The Morgan fingerprint density at radius 2 is 1.95 bits per heavy atom. The fraction of sp³-hybridized carbons (Fsp3) is 0.467. The van der Waals surface area contributed by atoms with Crippen LogP contribution in [0.2, 0.25) is 0 Å². The minimum atomic E-state index is -3.59. The van der Waals surface area contributed by atoms with E-state index in [0.29, 0.717) is 24.3 Å². The highest BCUT2D eigenvalue weighted by atomic mass is 32.2. The summed E-state index contributed by atoms with van der Waals surface area (Å²) in [5.41, 5.74) is 1.20. The monoisotopic (exact) mass is 308 g/mol. The van der Waals surface area contributed by atoms with Gasteiger partial charge in [-0.2, -0.15) is 12.7 Å². The summed E-state index contributed by atoms with van der Waals surface area (Å²) in [6, 6.07) is 6.93. The summed E-state index contributed by atoms with van der Waals surface area (Å²) in [6.07, 6.45) is 5.13. The van der Waals surface area contributed by atoms with Crippen molar-refractivity contribution < 1.29 is 13.2 Å². The van der Waals surface area contributed by atoms with Crippen molar-refractivity contribution in [1.29, 1.82) is 0 Å². The lowest BCUT2D eigenvalue weighted by Gasteiger charge is -2.36. The first-order valence-electron chi connectivity index (χ1n) is 6.80. The lowest BCUT2D eigenvalue weighted by molar-refractivity contribution is -0.0441. The first-order chi connectivity index (χ1) is 9.84. The molecule has 2 unspecified atom stereocenters. The molecule has 1 saturated heterocycles. The fourth-order valence-corrected chi connectivity index (χ4v) is 3.94. The van der Waals surface area contributed by atoms with Crippen molar-refractivity contribution in [2.75, 3.05) is 24.4 Å². The SMILES string of the molecule is C#Cc1cccc(N(C)S(=O)(=O)N2CC(C)OC(C)C2)c1. The second-order valence-electron chi connectivity index (χ2n) is 5.24. The quantitative estimate of drug-likeness (QED) is 0.794. The van der Waals surface area contributed by atoms with Gasteiger partial charge in [0.05, 0.1) is 17.9 Å². The van der Waals surface area contributed by atoms with E-state index in [-0.39, 0.29) is 12.2 Å². The summed E-state index contributed by atoms with van der Waals surface area (Å²) >= 11 is 0. The zero-order valence-corrected chi connectivity index (χ0v) is 13.3. The molecule has 0 radical (unpaired) electrons.